The first-order valence-electron chi connectivity index (χ1n) is 9.99. The van der Waals surface area contributed by atoms with E-state index in [2.05, 4.69) is 25.9 Å². The van der Waals surface area contributed by atoms with Crippen molar-refractivity contribution in [2.75, 3.05) is 12.4 Å². The molecule has 10 heteroatoms. The smallest absolute Gasteiger partial charge is 0.275 e. The summed E-state index contributed by atoms with van der Waals surface area (Å²) in [5.41, 5.74) is 5.45. The number of hydrogen-bond acceptors (Lipinski definition) is 7. The number of amides is 1. The van der Waals surface area contributed by atoms with Gasteiger partial charge in [-0.1, -0.05) is 13.8 Å². The number of oxazole rings is 1. The quantitative estimate of drug-likeness (QED) is 0.432. The molecule has 4 rings (SSSR count). The lowest BCUT2D eigenvalue weighted by Gasteiger charge is -2.14. The van der Waals surface area contributed by atoms with Crippen molar-refractivity contribution in [1.82, 2.24) is 25.1 Å². The molecule has 0 bridgehead atoms. The van der Waals surface area contributed by atoms with Gasteiger partial charge in [0, 0.05) is 11.8 Å². The van der Waals surface area contributed by atoms with Crippen LogP contribution in [0, 0.1) is 19.7 Å². The van der Waals surface area contributed by atoms with E-state index in [-0.39, 0.29) is 17.2 Å². The molecular weight excluding hydrogens is 415 g/mol. The van der Waals surface area contributed by atoms with Crippen LogP contribution >= 0.6 is 0 Å². The predicted molar refractivity (Wildman–Crippen MR) is 116 cm³/mol. The van der Waals surface area contributed by atoms with Crippen LogP contribution in [0.15, 0.2) is 35.3 Å². The molecule has 0 aliphatic heterocycles. The average Bonchev–Trinajstić information content (AvgIpc) is 3.34. The largest absolute Gasteiger partial charge is 0.441 e. The number of aromatic nitrogens is 4. The van der Waals surface area contributed by atoms with Crippen molar-refractivity contribution in [3.05, 3.63) is 59.1 Å². The fraction of sp³-hybridized carbons (Fsp3) is 0.273. The second-order valence-corrected chi connectivity index (χ2v) is 7.70. The van der Waals surface area contributed by atoms with E-state index in [1.54, 1.807) is 17.6 Å². The lowest BCUT2D eigenvalue weighted by Crippen LogP contribution is -2.23. The van der Waals surface area contributed by atoms with Gasteiger partial charge in [-0.05, 0) is 43.0 Å². The molecule has 4 aromatic rings. The zero-order valence-electron chi connectivity index (χ0n) is 18.4. The van der Waals surface area contributed by atoms with Crippen LogP contribution in [0.1, 0.15) is 47.0 Å². The number of hydroxylamine groups is 1. The molecule has 2 N–H and O–H groups in total. The fourth-order valence-electron chi connectivity index (χ4n) is 3.65. The monoisotopic (exact) mass is 438 g/mol. The van der Waals surface area contributed by atoms with Crippen molar-refractivity contribution in [3.63, 3.8) is 0 Å². The first-order valence-corrected chi connectivity index (χ1v) is 9.99. The molecule has 0 spiro atoms. The second kappa shape index (κ2) is 8.39. The van der Waals surface area contributed by atoms with Crippen molar-refractivity contribution in [2.24, 2.45) is 0 Å². The second-order valence-electron chi connectivity index (χ2n) is 7.70. The maximum Gasteiger partial charge on any atom is 0.275 e. The van der Waals surface area contributed by atoms with Gasteiger partial charge in [0.1, 0.15) is 23.4 Å². The highest BCUT2D eigenvalue weighted by atomic mass is 19.1. The zero-order valence-corrected chi connectivity index (χ0v) is 18.4. The van der Waals surface area contributed by atoms with Crippen LogP contribution in [0.25, 0.3) is 17.0 Å². The molecule has 1 amide bonds. The third-order valence-electron chi connectivity index (χ3n) is 5.05. The molecule has 0 aliphatic carbocycles. The minimum absolute atomic E-state index is 0.0691. The highest BCUT2D eigenvalue weighted by Gasteiger charge is 2.23. The van der Waals surface area contributed by atoms with E-state index in [1.165, 1.54) is 25.6 Å². The average molecular weight is 438 g/mol. The summed E-state index contributed by atoms with van der Waals surface area (Å²) in [5, 5.41) is 7.33. The highest BCUT2D eigenvalue weighted by Crippen LogP contribution is 2.37. The van der Waals surface area contributed by atoms with Gasteiger partial charge in [-0.3, -0.25) is 9.63 Å². The summed E-state index contributed by atoms with van der Waals surface area (Å²) in [6, 6.07) is 2.71. The molecule has 0 aliphatic rings. The number of hydrogen-bond donors (Lipinski definition) is 2. The van der Waals surface area contributed by atoms with Crippen molar-refractivity contribution in [2.45, 2.75) is 33.6 Å². The number of halogens is 1. The summed E-state index contributed by atoms with van der Waals surface area (Å²) in [4.78, 5) is 25.7. The number of anilines is 2. The molecule has 0 atom stereocenters. The van der Waals surface area contributed by atoms with E-state index in [9.17, 15) is 9.18 Å². The Morgan fingerprint density at radius 1 is 1.25 bits per heavy atom. The molecular formula is C22H23FN6O3. The number of carbonyl (C=O) groups excluding carboxylic acids is 1. The molecule has 1 aromatic carbocycles. The molecule has 0 saturated heterocycles. The van der Waals surface area contributed by atoms with E-state index < -0.39 is 11.7 Å². The summed E-state index contributed by atoms with van der Waals surface area (Å²) < 4.78 is 22.2. The van der Waals surface area contributed by atoms with E-state index in [0.717, 1.165) is 11.1 Å². The van der Waals surface area contributed by atoms with Crippen molar-refractivity contribution >= 4 is 22.9 Å². The van der Waals surface area contributed by atoms with Gasteiger partial charge in [-0.25, -0.2) is 24.4 Å². The SMILES string of the molecule is CONC(=O)c1cc(Nc2ncnn3cc(-c4ncc(C)o4)c(C(C)C)c23)c(F)cc1C. The van der Waals surface area contributed by atoms with Gasteiger partial charge in [0.05, 0.1) is 24.6 Å². The number of rotatable bonds is 6. The number of fused-ring (bicyclic) bond motifs is 1. The Hall–Kier alpha value is -3.79. The van der Waals surface area contributed by atoms with Gasteiger partial charge in [-0.2, -0.15) is 5.10 Å². The minimum Gasteiger partial charge on any atom is -0.441 e. The summed E-state index contributed by atoms with van der Waals surface area (Å²) in [7, 11) is 1.33. The topological polar surface area (TPSA) is 107 Å². The number of nitrogens with one attached hydrogen (secondary N) is 2. The first kappa shape index (κ1) is 21.4. The highest BCUT2D eigenvalue weighted by molar-refractivity contribution is 5.96. The Kier molecular flexibility index (Phi) is 5.62. The maximum atomic E-state index is 14.8. The van der Waals surface area contributed by atoms with Crippen LogP contribution in [0.2, 0.25) is 0 Å². The number of nitrogens with zero attached hydrogens (tertiary/aromatic N) is 4. The molecule has 166 valence electrons. The van der Waals surface area contributed by atoms with Crippen LogP contribution in [0.4, 0.5) is 15.9 Å². The van der Waals surface area contributed by atoms with Gasteiger partial charge in [-0.15, -0.1) is 0 Å². The summed E-state index contributed by atoms with van der Waals surface area (Å²) in [6.45, 7) is 7.54. The van der Waals surface area contributed by atoms with E-state index >= 15 is 0 Å². The summed E-state index contributed by atoms with van der Waals surface area (Å²) in [5.74, 6) is 0.627. The Morgan fingerprint density at radius 2 is 2.03 bits per heavy atom. The number of carbonyl (C=O) groups is 1. The Morgan fingerprint density at radius 3 is 2.69 bits per heavy atom. The third-order valence-corrected chi connectivity index (χ3v) is 5.05. The Bertz CT molecular complexity index is 1310. The minimum atomic E-state index is -0.519. The standard InChI is InChI=1S/C22H23FN6O3/c1-11(2)18-15(22-24-8-13(4)32-22)9-29-19(18)20(25-10-26-29)27-17-7-14(21(30)28-31-5)12(3)6-16(17)23/h6-11H,1-5H3,(H,28,30)(H,25,26,27). The van der Waals surface area contributed by atoms with Gasteiger partial charge < -0.3 is 9.73 Å². The number of benzene rings is 1. The van der Waals surface area contributed by atoms with Gasteiger partial charge in [0.15, 0.2) is 5.82 Å². The van der Waals surface area contributed by atoms with Crippen LogP contribution in [0.3, 0.4) is 0 Å². The number of aryl methyl sites for hydroxylation is 2. The van der Waals surface area contributed by atoms with Crippen LogP contribution in [-0.2, 0) is 4.84 Å². The molecule has 9 nitrogen and oxygen atoms in total. The predicted octanol–water partition coefficient (Wildman–Crippen LogP) is 4.30. The van der Waals surface area contributed by atoms with E-state index in [4.69, 9.17) is 9.25 Å². The van der Waals surface area contributed by atoms with Gasteiger partial charge in [0.2, 0.25) is 5.89 Å². The van der Waals surface area contributed by atoms with E-state index in [0.29, 0.717) is 28.5 Å². The first-order chi connectivity index (χ1) is 15.3. The molecule has 0 radical (unpaired) electrons. The van der Waals surface area contributed by atoms with Crippen molar-refractivity contribution < 1.29 is 18.4 Å². The van der Waals surface area contributed by atoms with Crippen LogP contribution in [0.5, 0.6) is 0 Å². The van der Waals surface area contributed by atoms with Gasteiger partial charge in [0.25, 0.3) is 5.91 Å². The Balaban J connectivity index is 1.85. The third kappa shape index (κ3) is 3.80. The Labute approximate surface area is 183 Å². The molecule has 32 heavy (non-hydrogen) atoms. The fourth-order valence-corrected chi connectivity index (χ4v) is 3.65. The zero-order chi connectivity index (χ0) is 23.0. The van der Waals surface area contributed by atoms with Gasteiger partial charge >= 0.3 is 0 Å². The summed E-state index contributed by atoms with van der Waals surface area (Å²) >= 11 is 0. The summed E-state index contributed by atoms with van der Waals surface area (Å²) in [6.07, 6.45) is 4.83. The van der Waals surface area contributed by atoms with Crippen LogP contribution in [-0.4, -0.2) is 32.6 Å². The molecule has 0 unspecified atom stereocenters. The molecule has 3 heterocycles. The van der Waals surface area contributed by atoms with Crippen molar-refractivity contribution in [1.29, 1.82) is 0 Å². The maximum absolute atomic E-state index is 14.8. The molecule has 0 saturated carbocycles. The lowest BCUT2D eigenvalue weighted by atomic mass is 10.00. The van der Waals surface area contributed by atoms with E-state index in [1.807, 2.05) is 27.0 Å². The van der Waals surface area contributed by atoms with Crippen molar-refractivity contribution in [3.8, 4) is 11.5 Å². The molecule has 0 fully saturated rings. The lowest BCUT2D eigenvalue weighted by molar-refractivity contribution is 0.0537. The normalized spacial score (nSPS) is 11.3. The molecule has 3 aromatic heterocycles. The van der Waals surface area contributed by atoms with Crippen LogP contribution < -0.4 is 10.8 Å².